The number of carbonyl (C=O) groups is 2. The van der Waals surface area contributed by atoms with Gasteiger partial charge in [0.25, 0.3) is 0 Å². The van der Waals surface area contributed by atoms with E-state index >= 15 is 0 Å². The van der Waals surface area contributed by atoms with Gasteiger partial charge in [-0.25, -0.2) is 0 Å². The Labute approximate surface area is 188 Å². The molecule has 1 saturated heterocycles. The lowest BCUT2D eigenvalue weighted by Gasteiger charge is -2.30. The fraction of sp³-hybridized carbons (Fsp3) is 0.571. The van der Waals surface area contributed by atoms with Crippen molar-refractivity contribution in [3.63, 3.8) is 0 Å². The largest absolute Gasteiger partial charge is 0.480 e. The Morgan fingerprint density at radius 1 is 0.903 bits per heavy atom. The lowest BCUT2D eigenvalue weighted by molar-refractivity contribution is -0.139. The lowest BCUT2D eigenvalue weighted by atomic mass is 10.1. The molecule has 1 aromatic rings. The molecule has 0 amide bonds. The minimum atomic E-state index is -0.828. The molecule has 0 bridgehead atoms. The van der Waals surface area contributed by atoms with Gasteiger partial charge in [-0.2, -0.15) is 4.99 Å². The van der Waals surface area contributed by atoms with Gasteiger partial charge in [0, 0.05) is 58.9 Å². The van der Waals surface area contributed by atoms with E-state index in [2.05, 4.69) is 32.6 Å². The van der Waals surface area contributed by atoms with Crippen LogP contribution in [-0.4, -0.2) is 114 Å². The summed E-state index contributed by atoms with van der Waals surface area (Å²) < 4.78 is 0. The molecule has 0 aliphatic carbocycles. The minimum Gasteiger partial charge on any atom is -0.480 e. The second-order valence-electron chi connectivity index (χ2n) is 7.55. The number of aliphatic carboxylic acids is 2. The number of hydrogen-bond acceptors (Lipinski definition) is 8. The molecule has 1 fully saturated rings. The second kappa shape index (κ2) is 14.0. The van der Waals surface area contributed by atoms with Crippen molar-refractivity contribution in [3.8, 4) is 0 Å². The van der Waals surface area contributed by atoms with Gasteiger partial charge in [-0.05, 0) is 36.3 Å². The van der Waals surface area contributed by atoms with E-state index in [1.165, 1.54) is 5.56 Å². The molecule has 0 radical (unpaired) electrons. The number of aliphatic imine (C=N–C) groups is 1. The number of nitrogens with zero attached hydrogens (tertiary/aromatic N) is 4. The van der Waals surface area contributed by atoms with Crippen LogP contribution in [0, 0.1) is 0 Å². The highest BCUT2D eigenvalue weighted by atomic mass is 32.1. The van der Waals surface area contributed by atoms with E-state index in [0.29, 0.717) is 39.3 Å². The number of isothiocyanates is 1. The Hall–Kier alpha value is -2.20. The van der Waals surface area contributed by atoms with Crippen LogP contribution in [0.1, 0.15) is 5.56 Å². The molecule has 31 heavy (non-hydrogen) atoms. The fourth-order valence-corrected chi connectivity index (χ4v) is 3.61. The summed E-state index contributed by atoms with van der Waals surface area (Å²) in [5, 5.41) is 24.0. The average molecular weight is 450 g/mol. The predicted molar refractivity (Wildman–Crippen MR) is 122 cm³/mol. The lowest BCUT2D eigenvalue weighted by Crippen LogP contribution is -2.47. The number of benzene rings is 1. The van der Waals surface area contributed by atoms with Crippen molar-refractivity contribution < 1.29 is 19.8 Å². The molecule has 0 aromatic heterocycles. The molecule has 2 rings (SSSR count). The van der Waals surface area contributed by atoms with E-state index in [1.54, 1.807) is 0 Å². The van der Waals surface area contributed by atoms with E-state index in [-0.39, 0.29) is 13.1 Å². The van der Waals surface area contributed by atoms with E-state index in [4.69, 9.17) is 0 Å². The van der Waals surface area contributed by atoms with Crippen molar-refractivity contribution in [2.75, 3.05) is 72.0 Å². The van der Waals surface area contributed by atoms with Crippen LogP contribution >= 0.6 is 12.2 Å². The molecule has 1 aliphatic rings. The highest BCUT2D eigenvalue weighted by Gasteiger charge is 2.16. The van der Waals surface area contributed by atoms with Crippen molar-refractivity contribution in [3.05, 3.63) is 29.8 Å². The van der Waals surface area contributed by atoms with Gasteiger partial charge < -0.3 is 20.4 Å². The van der Waals surface area contributed by atoms with E-state index in [1.807, 2.05) is 34.1 Å². The summed E-state index contributed by atoms with van der Waals surface area (Å²) in [4.78, 5) is 32.5. The topological polar surface area (TPSA) is 109 Å². The molecule has 9 nitrogen and oxygen atoms in total. The van der Waals surface area contributed by atoms with Crippen LogP contribution in [0.5, 0.6) is 0 Å². The Balaban J connectivity index is 2.01. The third-order valence-electron chi connectivity index (χ3n) is 5.22. The van der Waals surface area contributed by atoms with Crippen LogP contribution in [0.3, 0.4) is 0 Å². The van der Waals surface area contributed by atoms with Crippen LogP contribution in [0.4, 0.5) is 5.69 Å². The van der Waals surface area contributed by atoms with Crippen LogP contribution in [0.15, 0.2) is 29.3 Å². The van der Waals surface area contributed by atoms with Crippen molar-refractivity contribution in [2.24, 2.45) is 4.99 Å². The van der Waals surface area contributed by atoms with Crippen LogP contribution < -0.4 is 5.32 Å². The molecule has 3 N–H and O–H groups in total. The van der Waals surface area contributed by atoms with Gasteiger partial charge in [0.1, 0.15) is 0 Å². The molecule has 1 heterocycles. The van der Waals surface area contributed by atoms with Crippen LogP contribution in [0.25, 0.3) is 0 Å². The first-order valence-corrected chi connectivity index (χ1v) is 10.9. The fourth-order valence-electron chi connectivity index (χ4n) is 3.50. The standard InChI is InChI=1S/C21H31N5O4S/c27-20(28)15-25-9-6-22-7-10-26(16-21(29)30)14-12-24(11-13-25)8-5-18-1-3-19(4-2-18)23-17-31/h1-4,22H,5-16H2,(H,27,28)(H,29,30). The molecule has 0 spiro atoms. The quantitative estimate of drug-likeness (QED) is 0.389. The number of thiocarbonyl (C=S) groups is 1. The second-order valence-corrected chi connectivity index (χ2v) is 7.73. The highest BCUT2D eigenvalue weighted by molar-refractivity contribution is 7.78. The Kier molecular flexibility index (Phi) is 11.3. The Morgan fingerprint density at radius 3 is 1.90 bits per heavy atom. The molecular formula is C21H31N5O4S. The number of hydrogen-bond donors (Lipinski definition) is 3. The van der Waals surface area contributed by atoms with Crippen molar-refractivity contribution >= 4 is 35.0 Å². The third-order valence-corrected chi connectivity index (χ3v) is 5.31. The van der Waals surface area contributed by atoms with Gasteiger partial charge >= 0.3 is 11.9 Å². The molecular weight excluding hydrogens is 418 g/mol. The van der Waals surface area contributed by atoms with Gasteiger partial charge in [0.2, 0.25) is 0 Å². The van der Waals surface area contributed by atoms with E-state index in [0.717, 1.165) is 31.7 Å². The van der Waals surface area contributed by atoms with Gasteiger partial charge in [0.05, 0.1) is 23.9 Å². The summed E-state index contributed by atoms with van der Waals surface area (Å²) in [7, 11) is 0. The number of nitrogens with one attached hydrogen (secondary N) is 1. The zero-order chi connectivity index (χ0) is 22.5. The zero-order valence-electron chi connectivity index (χ0n) is 17.7. The van der Waals surface area contributed by atoms with E-state index in [9.17, 15) is 19.8 Å². The number of carboxylic acid groups (broad SMARTS) is 2. The molecule has 1 aromatic carbocycles. The van der Waals surface area contributed by atoms with Crippen LogP contribution in [-0.2, 0) is 16.0 Å². The Morgan fingerprint density at radius 2 is 1.42 bits per heavy atom. The summed E-state index contributed by atoms with van der Waals surface area (Å²) in [6.07, 6.45) is 0.834. The monoisotopic (exact) mass is 449 g/mol. The summed E-state index contributed by atoms with van der Waals surface area (Å²) >= 11 is 4.63. The van der Waals surface area contributed by atoms with Crippen LogP contribution in [0.2, 0.25) is 0 Å². The highest BCUT2D eigenvalue weighted by Crippen LogP contribution is 2.13. The van der Waals surface area contributed by atoms with Gasteiger partial charge in [-0.1, -0.05) is 12.1 Å². The normalized spacial score (nSPS) is 17.8. The first-order chi connectivity index (χ1) is 15.0. The zero-order valence-corrected chi connectivity index (χ0v) is 18.5. The summed E-state index contributed by atoms with van der Waals surface area (Å²) in [5.41, 5.74) is 1.94. The Bertz CT molecular complexity index is 725. The smallest absolute Gasteiger partial charge is 0.317 e. The number of rotatable bonds is 8. The summed E-state index contributed by atoms with van der Waals surface area (Å²) in [6, 6.07) is 7.84. The number of carboxylic acids is 2. The maximum Gasteiger partial charge on any atom is 0.317 e. The summed E-state index contributed by atoms with van der Waals surface area (Å²) in [5.74, 6) is -1.66. The molecule has 0 saturated carbocycles. The van der Waals surface area contributed by atoms with Gasteiger partial charge in [0.15, 0.2) is 0 Å². The van der Waals surface area contributed by atoms with E-state index < -0.39 is 11.9 Å². The van der Waals surface area contributed by atoms with Gasteiger partial charge in [-0.15, -0.1) is 0 Å². The SMILES string of the molecule is O=C(O)CN1CCNCCN(CC(=O)O)CCN(CCc2ccc(N=C=S)cc2)CC1. The first-order valence-electron chi connectivity index (χ1n) is 10.4. The summed E-state index contributed by atoms with van der Waals surface area (Å²) in [6.45, 7) is 6.20. The molecule has 0 atom stereocenters. The minimum absolute atomic E-state index is 0.0164. The molecule has 0 unspecified atom stereocenters. The first kappa shape index (κ1) is 25.1. The molecule has 10 heteroatoms. The van der Waals surface area contributed by atoms with Gasteiger partial charge in [-0.3, -0.25) is 19.4 Å². The van der Waals surface area contributed by atoms with Crippen molar-refractivity contribution in [1.29, 1.82) is 0 Å². The average Bonchev–Trinajstić information content (AvgIpc) is 2.71. The maximum atomic E-state index is 11.2. The van der Waals surface area contributed by atoms with Crippen molar-refractivity contribution in [2.45, 2.75) is 6.42 Å². The molecule has 170 valence electrons. The van der Waals surface area contributed by atoms with Crippen molar-refractivity contribution in [1.82, 2.24) is 20.0 Å². The predicted octanol–water partition coefficient (Wildman–Crippen LogP) is 0.642. The molecule has 1 aliphatic heterocycles. The maximum absolute atomic E-state index is 11.2. The third kappa shape index (κ3) is 10.6.